The van der Waals surface area contributed by atoms with E-state index >= 15 is 0 Å². The Morgan fingerprint density at radius 1 is 1.47 bits per heavy atom. The van der Waals surface area contributed by atoms with E-state index in [-0.39, 0.29) is 24.2 Å². The number of halogens is 1. The van der Waals surface area contributed by atoms with Crippen molar-refractivity contribution in [2.24, 2.45) is 0 Å². The molecule has 0 saturated carbocycles. The summed E-state index contributed by atoms with van der Waals surface area (Å²) in [7, 11) is 2.19. The smallest absolute Gasteiger partial charge is 0.171 e. The van der Waals surface area contributed by atoms with Crippen molar-refractivity contribution in [2.45, 2.75) is 16.6 Å². The molecule has 1 radical (unpaired) electrons. The molecule has 0 aliphatic carbocycles. The van der Waals surface area contributed by atoms with Crippen LogP contribution in [-0.4, -0.2) is 28.4 Å². The fourth-order valence-electron chi connectivity index (χ4n) is 1.56. The first-order chi connectivity index (χ1) is 7.29. The Hall–Kier alpha value is -0.0351. The van der Waals surface area contributed by atoms with Gasteiger partial charge in [0.2, 0.25) is 0 Å². The molecule has 2 nitrogen and oxygen atoms in total. The lowest BCUT2D eigenvalue weighted by atomic mass is 9.72. The van der Waals surface area contributed by atoms with Crippen LogP contribution in [0.5, 0.6) is 11.5 Å². The lowest BCUT2D eigenvalue weighted by Gasteiger charge is -2.25. The topological polar surface area (TPSA) is 18.5 Å². The van der Waals surface area contributed by atoms with Crippen LogP contribution in [-0.2, 0) is 0 Å². The molecule has 0 amide bonds. The Morgan fingerprint density at radius 2 is 2.07 bits per heavy atom. The van der Waals surface area contributed by atoms with Crippen LogP contribution in [0.15, 0.2) is 10.8 Å². The van der Waals surface area contributed by atoms with Crippen molar-refractivity contribution in [2.75, 3.05) is 13.2 Å². The first-order valence-corrected chi connectivity index (χ1v) is 8.33. The third kappa shape index (κ3) is 2.38. The number of fused-ring (bicyclic) bond motifs is 1. The lowest BCUT2D eigenvalue weighted by Crippen LogP contribution is -2.35. The molecule has 0 fully saturated rings. The van der Waals surface area contributed by atoms with E-state index in [0.717, 1.165) is 31.0 Å². The van der Waals surface area contributed by atoms with E-state index in [4.69, 9.17) is 9.47 Å². The van der Waals surface area contributed by atoms with E-state index in [9.17, 15) is 0 Å². The van der Waals surface area contributed by atoms with Crippen LogP contribution in [0.1, 0.15) is 0 Å². The SMILES string of the molecule is C=IC1(C[B]C)COc2cscc2OC1. The van der Waals surface area contributed by atoms with E-state index in [2.05, 4.69) is 18.6 Å². The second-order valence-electron chi connectivity index (χ2n) is 3.57. The molecule has 1 aromatic heterocycles. The standard InChI is InChI=1S/C10H13BIO2S/c1-11-5-10(12-2)6-13-8-3-15-4-9(8)14-7-10/h3-4H,2,5-7H2,1H3. The second kappa shape index (κ2) is 4.87. The van der Waals surface area contributed by atoms with Crippen LogP contribution in [0.25, 0.3) is 0 Å². The van der Waals surface area contributed by atoms with Crippen molar-refractivity contribution in [3.05, 3.63) is 10.8 Å². The van der Waals surface area contributed by atoms with Gasteiger partial charge in [0.1, 0.15) is 20.5 Å². The van der Waals surface area contributed by atoms with Gasteiger partial charge in [0.15, 0.2) is 11.5 Å². The van der Waals surface area contributed by atoms with Gasteiger partial charge in [-0.2, -0.15) is 0 Å². The molecule has 1 aromatic rings. The third-order valence-corrected chi connectivity index (χ3v) is 5.80. The fourth-order valence-corrected chi connectivity index (χ4v) is 3.74. The van der Waals surface area contributed by atoms with Crippen LogP contribution in [0, 0.1) is 0 Å². The van der Waals surface area contributed by atoms with E-state index in [1.165, 1.54) is 0 Å². The van der Waals surface area contributed by atoms with Crippen molar-refractivity contribution in [3.8, 4) is 11.5 Å². The maximum absolute atomic E-state index is 5.80. The Balaban J connectivity index is 2.15. The summed E-state index contributed by atoms with van der Waals surface area (Å²) in [5, 5.41) is 4.00. The van der Waals surface area contributed by atoms with Gasteiger partial charge in [0.05, 0.1) is 3.42 Å². The van der Waals surface area contributed by atoms with E-state index in [1.807, 2.05) is 10.8 Å². The molecule has 2 rings (SSSR count). The van der Waals surface area contributed by atoms with Gasteiger partial charge in [0, 0.05) is 10.8 Å². The van der Waals surface area contributed by atoms with Gasteiger partial charge in [-0.25, -0.2) is 0 Å². The van der Waals surface area contributed by atoms with Gasteiger partial charge in [0.25, 0.3) is 0 Å². The van der Waals surface area contributed by atoms with Crippen LogP contribution in [0.3, 0.4) is 0 Å². The number of hydrogen-bond donors (Lipinski definition) is 0. The first kappa shape index (κ1) is 11.5. The normalized spacial score (nSPS) is 18.2. The summed E-state index contributed by atoms with van der Waals surface area (Å²) in [5.41, 5.74) is 0. The van der Waals surface area contributed by atoms with Gasteiger partial charge in [-0.05, 0) is 0 Å². The largest absolute Gasteiger partial charge is 0.487 e. The summed E-state index contributed by atoms with van der Waals surface area (Å²) in [4.78, 5) is 0. The second-order valence-corrected chi connectivity index (χ2v) is 7.37. The number of thiophene rings is 1. The molecule has 0 aromatic carbocycles. The predicted molar refractivity (Wildman–Crippen MR) is 75.6 cm³/mol. The average Bonchev–Trinajstić information content (AvgIpc) is 2.64. The van der Waals surface area contributed by atoms with Crippen LogP contribution < -0.4 is 9.47 Å². The minimum absolute atomic E-state index is 0.137. The summed E-state index contributed by atoms with van der Waals surface area (Å²) >= 11 is 1.48. The highest BCUT2D eigenvalue weighted by molar-refractivity contribution is 14.2. The van der Waals surface area contributed by atoms with Crippen LogP contribution >= 0.6 is 32.1 Å². The predicted octanol–water partition coefficient (Wildman–Crippen LogP) is 2.83. The highest BCUT2D eigenvalue weighted by Gasteiger charge is 2.32. The van der Waals surface area contributed by atoms with E-state index < -0.39 is 0 Å². The Bertz CT molecular complexity index is 330. The van der Waals surface area contributed by atoms with Gasteiger partial charge in [-0.15, -0.1) is 32.1 Å². The summed E-state index contributed by atoms with van der Waals surface area (Å²) in [6, 6.07) is 0. The molecular weight excluding hydrogens is 322 g/mol. The Labute approximate surface area is 105 Å². The first-order valence-electron chi connectivity index (χ1n) is 4.79. The highest BCUT2D eigenvalue weighted by atomic mass is 127. The molecule has 0 N–H and O–H groups in total. The maximum atomic E-state index is 5.80. The van der Waals surface area contributed by atoms with Crippen molar-refractivity contribution in [1.29, 1.82) is 0 Å². The Kier molecular flexibility index (Phi) is 3.71. The number of rotatable bonds is 3. The van der Waals surface area contributed by atoms with Crippen molar-refractivity contribution in [1.82, 2.24) is 0 Å². The number of alkyl halides is 1. The van der Waals surface area contributed by atoms with Gasteiger partial charge in [-0.1, -0.05) is 17.7 Å². The number of hydrogen-bond acceptors (Lipinski definition) is 3. The molecule has 81 valence electrons. The summed E-state index contributed by atoms with van der Waals surface area (Å²) in [6.45, 7) is 3.58. The highest BCUT2D eigenvalue weighted by Crippen LogP contribution is 2.39. The molecule has 0 unspecified atom stereocenters. The quantitative estimate of drug-likeness (QED) is 0.481. The lowest BCUT2D eigenvalue weighted by molar-refractivity contribution is 0.262. The van der Waals surface area contributed by atoms with E-state index in [0.29, 0.717) is 0 Å². The van der Waals surface area contributed by atoms with Crippen LogP contribution in [0.2, 0.25) is 13.1 Å². The minimum atomic E-state index is -0.137. The monoisotopic (exact) mass is 335 g/mol. The zero-order valence-electron chi connectivity index (χ0n) is 8.66. The molecule has 0 bridgehead atoms. The zero-order chi connectivity index (χ0) is 10.7. The van der Waals surface area contributed by atoms with Crippen molar-refractivity contribution in [3.63, 3.8) is 0 Å². The minimum Gasteiger partial charge on any atom is -0.487 e. The average molecular weight is 335 g/mol. The van der Waals surface area contributed by atoms with Gasteiger partial charge in [-0.3, -0.25) is 0 Å². The summed E-state index contributed by atoms with van der Waals surface area (Å²) < 4.78 is 15.9. The molecule has 5 heteroatoms. The van der Waals surface area contributed by atoms with Crippen LogP contribution in [0.4, 0.5) is 0 Å². The van der Waals surface area contributed by atoms with Gasteiger partial charge < -0.3 is 9.47 Å². The molecule has 1 aliphatic heterocycles. The number of ether oxygens (including phenoxy) is 2. The fraction of sp³-hybridized carbons (Fsp3) is 0.500. The molecule has 0 spiro atoms. The molecule has 2 heterocycles. The van der Waals surface area contributed by atoms with Crippen molar-refractivity contribution < 1.29 is 9.47 Å². The zero-order valence-corrected chi connectivity index (χ0v) is 11.6. The van der Waals surface area contributed by atoms with Crippen molar-refractivity contribution >= 4 is 43.9 Å². The Morgan fingerprint density at radius 3 is 2.53 bits per heavy atom. The summed E-state index contributed by atoms with van der Waals surface area (Å²) in [5.74, 6) is 1.80. The molecule has 0 atom stereocenters. The van der Waals surface area contributed by atoms with E-state index in [1.54, 1.807) is 11.3 Å². The molecule has 0 saturated heterocycles. The molecule has 15 heavy (non-hydrogen) atoms. The third-order valence-electron chi connectivity index (χ3n) is 2.42. The molecular formula is C10H13BIO2S. The van der Waals surface area contributed by atoms with Gasteiger partial charge >= 0.3 is 0 Å². The molecule has 1 aliphatic rings. The summed E-state index contributed by atoms with van der Waals surface area (Å²) in [6.07, 6.45) is 1.04. The maximum Gasteiger partial charge on any atom is 0.171 e.